The molecule has 0 unspecified atom stereocenters. The lowest BCUT2D eigenvalue weighted by Gasteiger charge is -2.04. The summed E-state index contributed by atoms with van der Waals surface area (Å²) in [6.45, 7) is 2.28. The molecule has 1 heterocycles. The number of fused-ring (bicyclic) bond motifs is 1. The number of hydrogen-bond acceptors (Lipinski definition) is 0. The van der Waals surface area contributed by atoms with Crippen molar-refractivity contribution in [3.63, 3.8) is 0 Å². The average molecular weight is 334 g/mol. The fraction of sp³-hybridized carbons (Fsp3) is 0.571. The second kappa shape index (κ2) is 11.5. The molecule has 1 aromatic heterocycles. The van der Waals surface area contributed by atoms with E-state index in [0.29, 0.717) is 0 Å². The van der Waals surface area contributed by atoms with Crippen molar-refractivity contribution in [3.8, 4) is 0 Å². The number of halogens is 1. The molecule has 0 atom stereocenters. The third-order valence-electron chi connectivity index (χ3n) is 4.72. The molecule has 23 heavy (non-hydrogen) atoms. The Morgan fingerprint density at radius 3 is 2.04 bits per heavy atom. The molecule has 0 saturated heterocycles. The van der Waals surface area contributed by atoms with Crippen molar-refractivity contribution in [3.05, 3.63) is 42.1 Å². The highest BCUT2D eigenvalue weighted by Gasteiger charge is 2.10. The van der Waals surface area contributed by atoms with Gasteiger partial charge >= 0.3 is 0 Å². The first kappa shape index (κ1) is 20.0. The number of hydrogen-bond donors (Lipinski definition) is 0. The maximum Gasteiger partial charge on any atom is 0.212 e. The van der Waals surface area contributed by atoms with Crippen LogP contribution in [0.1, 0.15) is 70.4 Å². The lowest BCUT2D eigenvalue weighted by atomic mass is 10.1. The molecular weight excluding hydrogens is 302 g/mol. The number of unbranched alkanes of at least 4 members (excludes halogenated alkanes) is 8. The van der Waals surface area contributed by atoms with E-state index in [1.54, 1.807) is 0 Å². The summed E-state index contributed by atoms with van der Waals surface area (Å²) in [6, 6.07) is 13.2. The monoisotopic (exact) mass is 333 g/mol. The first-order valence-corrected chi connectivity index (χ1v) is 9.19. The van der Waals surface area contributed by atoms with Gasteiger partial charge in [-0.1, -0.05) is 70.4 Å². The highest BCUT2D eigenvalue weighted by Crippen LogP contribution is 2.13. The molecule has 0 fully saturated rings. The van der Waals surface area contributed by atoms with Crippen molar-refractivity contribution >= 4 is 10.9 Å². The van der Waals surface area contributed by atoms with Crippen molar-refractivity contribution in [1.82, 2.24) is 0 Å². The molecule has 2 rings (SSSR count). The molecule has 0 aliphatic heterocycles. The minimum atomic E-state index is 0. The summed E-state index contributed by atoms with van der Waals surface area (Å²) in [5.41, 5.74) is 2.80. The van der Waals surface area contributed by atoms with E-state index in [-0.39, 0.29) is 12.4 Å². The Bertz CT molecular complexity index is 565. The van der Waals surface area contributed by atoms with Gasteiger partial charge in [-0.05, 0) is 18.6 Å². The predicted octanol–water partition coefficient (Wildman–Crippen LogP) is 2.74. The first-order chi connectivity index (χ1) is 10.8. The van der Waals surface area contributed by atoms with Crippen LogP contribution in [0.25, 0.3) is 10.9 Å². The third-order valence-corrected chi connectivity index (χ3v) is 4.72. The Kier molecular flexibility index (Phi) is 9.94. The molecule has 1 aromatic carbocycles. The van der Waals surface area contributed by atoms with Crippen molar-refractivity contribution in [2.75, 3.05) is 0 Å². The topological polar surface area (TPSA) is 3.88 Å². The molecule has 0 aliphatic rings. The van der Waals surface area contributed by atoms with Gasteiger partial charge in [-0.25, -0.2) is 0 Å². The average Bonchev–Trinajstić information content (AvgIpc) is 2.55. The molecule has 0 spiro atoms. The zero-order chi connectivity index (χ0) is 15.6. The smallest absolute Gasteiger partial charge is 0.212 e. The minimum absolute atomic E-state index is 0. The van der Waals surface area contributed by atoms with E-state index in [4.69, 9.17) is 0 Å². The van der Waals surface area contributed by atoms with E-state index in [9.17, 15) is 0 Å². The van der Waals surface area contributed by atoms with Gasteiger partial charge in [0.2, 0.25) is 5.52 Å². The molecule has 0 N–H and O–H groups in total. The molecular formula is C21H32ClN. The van der Waals surface area contributed by atoms with Crippen LogP contribution in [0.5, 0.6) is 0 Å². The van der Waals surface area contributed by atoms with Crippen LogP contribution in [-0.2, 0) is 13.5 Å². The first-order valence-electron chi connectivity index (χ1n) is 9.19. The lowest BCUT2D eigenvalue weighted by Crippen LogP contribution is -3.00. The van der Waals surface area contributed by atoms with Crippen molar-refractivity contribution in [2.24, 2.45) is 7.05 Å². The Hall–Kier alpha value is -1.08. The van der Waals surface area contributed by atoms with Crippen LogP contribution in [0.15, 0.2) is 36.4 Å². The lowest BCUT2D eigenvalue weighted by molar-refractivity contribution is -0.652. The number of pyridine rings is 1. The summed E-state index contributed by atoms with van der Waals surface area (Å²) in [5.74, 6) is 0. The van der Waals surface area contributed by atoms with Gasteiger partial charge in [0.15, 0.2) is 5.69 Å². The number of aryl methyl sites for hydroxylation is 2. The summed E-state index contributed by atoms with van der Waals surface area (Å²) >= 11 is 0. The zero-order valence-corrected chi connectivity index (χ0v) is 15.6. The van der Waals surface area contributed by atoms with E-state index < -0.39 is 0 Å². The van der Waals surface area contributed by atoms with Crippen LogP contribution < -0.4 is 17.0 Å². The number of para-hydroxylation sites is 1. The van der Waals surface area contributed by atoms with Crippen molar-refractivity contribution in [2.45, 2.75) is 71.1 Å². The van der Waals surface area contributed by atoms with Gasteiger partial charge in [0, 0.05) is 23.9 Å². The molecule has 0 bridgehead atoms. The SMILES string of the molecule is CCCCCCCCCCCc1ccc2ccccc2[n+]1C.[Cl-]. The molecule has 2 heteroatoms. The molecule has 0 amide bonds. The van der Waals surface area contributed by atoms with Crippen LogP contribution in [0.3, 0.4) is 0 Å². The van der Waals surface area contributed by atoms with Gasteiger partial charge < -0.3 is 12.4 Å². The highest BCUT2D eigenvalue weighted by molar-refractivity contribution is 5.75. The summed E-state index contributed by atoms with van der Waals surface area (Å²) in [6.07, 6.45) is 13.8. The second-order valence-corrected chi connectivity index (χ2v) is 6.52. The van der Waals surface area contributed by atoms with Crippen molar-refractivity contribution in [1.29, 1.82) is 0 Å². The molecule has 0 aliphatic carbocycles. The molecule has 1 nitrogen and oxygen atoms in total. The second-order valence-electron chi connectivity index (χ2n) is 6.52. The standard InChI is InChI=1S/C21H32N.ClH/c1-3-4-5-6-7-8-9-10-11-15-20-18-17-19-14-12-13-16-21(19)22(20)2;/h12-14,16-18H,3-11,15H2,1-2H3;1H/q+1;/p-1. The fourth-order valence-electron chi connectivity index (χ4n) is 3.25. The molecule has 0 radical (unpaired) electrons. The van der Waals surface area contributed by atoms with Gasteiger partial charge in [-0.15, -0.1) is 0 Å². The summed E-state index contributed by atoms with van der Waals surface area (Å²) in [4.78, 5) is 0. The van der Waals surface area contributed by atoms with E-state index in [1.807, 2.05) is 0 Å². The van der Waals surface area contributed by atoms with Gasteiger partial charge in [-0.3, -0.25) is 0 Å². The number of benzene rings is 1. The Balaban J connectivity index is 0.00000264. The van der Waals surface area contributed by atoms with Crippen LogP contribution in [-0.4, -0.2) is 0 Å². The minimum Gasteiger partial charge on any atom is -1.00 e. The zero-order valence-electron chi connectivity index (χ0n) is 14.9. The van der Waals surface area contributed by atoms with Crippen LogP contribution in [0.2, 0.25) is 0 Å². The third kappa shape index (κ3) is 6.51. The largest absolute Gasteiger partial charge is 1.00 e. The predicted molar refractivity (Wildman–Crippen MR) is 96.1 cm³/mol. The maximum atomic E-state index is 2.36. The van der Waals surface area contributed by atoms with Crippen molar-refractivity contribution < 1.29 is 17.0 Å². The maximum absolute atomic E-state index is 2.36. The fourth-order valence-corrected chi connectivity index (χ4v) is 3.25. The number of nitrogens with zero attached hydrogens (tertiary/aromatic N) is 1. The van der Waals surface area contributed by atoms with Gasteiger partial charge in [0.1, 0.15) is 7.05 Å². The number of rotatable bonds is 10. The van der Waals surface area contributed by atoms with Gasteiger partial charge in [0.25, 0.3) is 0 Å². The summed E-state index contributed by atoms with van der Waals surface area (Å²) < 4.78 is 2.36. The van der Waals surface area contributed by atoms with E-state index in [2.05, 4.69) is 54.9 Å². The van der Waals surface area contributed by atoms with E-state index >= 15 is 0 Å². The highest BCUT2D eigenvalue weighted by atomic mass is 35.5. The van der Waals surface area contributed by atoms with Gasteiger partial charge in [0.05, 0.1) is 0 Å². The molecule has 0 saturated carbocycles. The molecule has 128 valence electrons. The van der Waals surface area contributed by atoms with Crippen LogP contribution in [0.4, 0.5) is 0 Å². The van der Waals surface area contributed by atoms with Gasteiger partial charge in [-0.2, -0.15) is 4.57 Å². The Morgan fingerprint density at radius 2 is 1.35 bits per heavy atom. The van der Waals surface area contributed by atoms with Crippen LogP contribution in [0, 0.1) is 0 Å². The Morgan fingerprint density at radius 1 is 0.739 bits per heavy atom. The molecule has 2 aromatic rings. The summed E-state index contributed by atoms with van der Waals surface area (Å²) in [5, 5.41) is 1.33. The Labute approximate surface area is 148 Å². The van der Waals surface area contributed by atoms with E-state index in [1.165, 1.54) is 80.8 Å². The normalized spacial score (nSPS) is 10.7. The summed E-state index contributed by atoms with van der Waals surface area (Å²) in [7, 11) is 2.20. The number of aromatic nitrogens is 1. The van der Waals surface area contributed by atoms with Crippen LogP contribution >= 0.6 is 0 Å². The quantitative estimate of drug-likeness (QED) is 0.465. The van der Waals surface area contributed by atoms with E-state index in [0.717, 1.165) is 0 Å².